The van der Waals surface area contributed by atoms with E-state index in [4.69, 9.17) is 0 Å². The van der Waals surface area contributed by atoms with Crippen LogP contribution in [0.1, 0.15) is 19.4 Å². The van der Waals surface area contributed by atoms with Gasteiger partial charge in [0, 0.05) is 17.7 Å². The van der Waals surface area contributed by atoms with Gasteiger partial charge in [0.2, 0.25) is 15.9 Å². The van der Waals surface area contributed by atoms with Crippen LogP contribution >= 0.6 is 0 Å². The molecule has 0 unspecified atom stereocenters. The zero-order valence-electron chi connectivity index (χ0n) is 11.9. The molecule has 1 rings (SSSR count). The lowest BCUT2D eigenvalue weighted by Gasteiger charge is -2.10. The van der Waals surface area contributed by atoms with Crippen LogP contribution in [0.15, 0.2) is 23.1 Å². The number of hydrogen-bond donors (Lipinski definition) is 2. The number of carbonyl (C=O) groups is 1. The topological polar surface area (TPSA) is 118 Å². The summed E-state index contributed by atoms with van der Waals surface area (Å²) in [5.41, 5.74) is 0.0704. The second-order valence-electron chi connectivity index (χ2n) is 4.75. The van der Waals surface area contributed by atoms with Crippen LogP contribution in [0.3, 0.4) is 0 Å². The van der Waals surface area contributed by atoms with Gasteiger partial charge in [0.1, 0.15) is 0 Å². The van der Waals surface area contributed by atoms with Gasteiger partial charge in [0.15, 0.2) is 0 Å². The molecule has 0 aliphatic carbocycles. The monoisotopic (exact) mass is 315 g/mol. The Hall–Kier alpha value is -2.00. The maximum absolute atomic E-state index is 12.0. The molecule has 0 radical (unpaired) electrons. The summed E-state index contributed by atoms with van der Waals surface area (Å²) in [5, 5.41) is 13.3. The summed E-state index contributed by atoms with van der Waals surface area (Å²) in [5.74, 6) is -0.477. The number of rotatable bonds is 6. The Bertz CT molecular complexity index is 655. The molecule has 0 saturated heterocycles. The molecule has 0 aliphatic rings. The van der Waals surface area contributed by atoms with Crippen LogP contribution in [0.4, 0.5) is 5.69 Å². The van der Waals surface area contributed by atoms with Gasteiger partial charge in [-0.3, -0.25) is 14.9 Å². The van der Waals surface area contributed by atoms with E-state index in [9.17, 15) is 23.3 Å². The highest BCUT2D eigenvalue weighted by atomic mass is 32.2. The molecule has 21 heavy (non-hydrogen) atoms. The number of sulfonamides is 1. The summed E-state index contributed by atoms with van der Waals surface area (Å²) < 4.78 is 26.1. The molecule has 0 spiro atoms. The van der Waals surface area contributed by atoms with Crippen molar-refractivity contribution in [1.82, 2.24) is 10.0 Å². The van der Waals surface area contributed by atoms with E-state index in [1.165, 1.54) is 19.1 Å². The van der Waals surface area contributed by atoms with Gasteiger partial charge in [-0.25, -0.2) is 13.1 Å². The quantitative estimate of drug-likeness (QED) is 0.592. The van der Waals surface area contributed by atoms with E-state index in [1.54, 1.807) is 13.8 Å². The van der Waals surface area contributed by atoms with Gasteiger partial charge in [-0.15, -0.1) is 0 Å². The maximum atomic E-state index is 12.0. The Kier molecular flexibility index (Phi) is 5.39. The zero-order chi connectivity index (χ0) is 16.2. The SMILES string of the molecule is Cc1ccc(S(=O)(=O)NCC(=O)NC(C)C)cc1[N+](=O)[O-]. The number of amides is 1. The first-order chi connectivity index (χ1) is 9.63. The Labute approximate surface area is 122 Å². The Balaban J connectivity index is 2.91. The third-order valence-corrected chi connectivity index (χ3v) is 3.96. The molecule has 0 saturated carbocycles. The van der Waals surface area contributed by atoms with Gasteiger partial charge in [0.25, 0.3) is 5.69 Å². The summed E-state index contributed by atoms with van der Waals surface area (Å²) in [6, 6.07) is 3.46. The number of nitrogens with one attached hydrogen (secondary N) is 2. The van der Waals surface area contributed by atoms with E-state index in [1.807, 2.05) is 0 Å². The summed E-state index contributed by atoms with van der Waals surface area (Å²) in [4.78, 5) is 21.3. The summed E-state index contributed by atoms with van der Waals surface area (Å²) in [7, 11) is -3.98. The molecule has 0 heterocycles. The van der Waals surface area contributed by atoms with Crippen LogP contribution in [0.25, 0.3) is 0 Å². The lowest BCUT2D eigenvalue weighted by molar-refractivity contribution is -0.385. The van der Waals surface area contributed by atoms with Crippen molar-refractivity contribution in [2.45, 2.75) is 31.7 Å². The van der Waals surface area contributed by atoms with E-state index in [0.717, 1.165) is 6.07 Å². The van der Waals surface area contributed by atoms with Crippen molar-refractivity contribution in [3.05, 3.63) is 33.9 Å². The molecule has 0 fully saturated rings. The average molecular weight is 315 g/mol. The average Bonchev–Trinajstić information content (AvgIpc) is 2.35. The van der Waals surface area contributed by atoms with E-state index >= 15 is 0 Å². The molecule has 9 heteroatoms. The molecule has 0 aromatic heterocycles. The van der Waals surface area contributed by atoms with E-state index in [-0.39, 0.29) is 16.6 Å². The second-order valence-corrected chi connectivity index (χ2v) is 6.52. The lowest BCUT2D eigenvalue weighted by Crippen LogP contribution is -2.39. The molecule has 0 bridgehead atoms. The smallest absolute Gasteiger partial charge is 0.273 e. The van der Waals surface area contributed by atoms with Crippen LogP contribution in [0, 0.1) is 17.0 Å². The molecule has 8 nitrogen and oxygen atoms in total. The van der Waals surface area contributed by atoms with Crippen LogP contribution in [0.2, 0.25) is 0 Å². The van der Waals surface area contributed by atoms with Gasteiger partial charge in [-0.1, -0.05) is 6.07 Å². The van der Waals surface area contributed by atoms with Crippen molar-refractivity contribution in [2.75, 3.05) is 6.54 Å². The van der Waals surface area contributed by atoms with Crippen LogP contribution in [0.5, 0.6) is 0 Å². The maximum Gasteiger partial charge on any atom is 0.273 e. The fourth-order valence-corrected chi connectivity index (χ4v) is 2.57. The number of carbonyl (C=O) groups excluding carboxylic acids is 1. The predicted molar refractivity (Wildman–Crippen MR) is 76.3 cm³/mol. The largest absolute Gasteiger partial charge is 0.353 e. The van der Waals surface area contributed by atoms with Gasteiger partial charge < -0.3 is 5.32 Å². The highest BCUT2D eigenvalue weighted by molar-refractivity contribution is 7.89. The minimum atomic E-state index is -3.98. The molecule has 116 valence electrons. The van der Waals surface area contributed by atoms with Gasteiger partial charge in [-0.2, -0.15) is 0 Å². The van der Waals surface area contributed by atoms with Crippen molar-refractivity contribution in [3.63, 3.8) is 0 Å². The van der Waals surface area contributed by atoms with E-state index in [2.05, 4.69) is 10.0 Å². The van der Waals surface area contributed by atoms with E-state index < -0.39 is 27.4 Å². The fourth-order valence-electron chi connectivity index (χ4n) is 1.57. The number of nitro groups is 1. The minimum absolute atomic E-state index is 0.109. The second kappa shape index (κ2) is 6.64. The van der Waals surface area contributed by atoms with Gasteiger partial charge in [0.05, 0.1) is 16.4 Å². The minimum Gasteiger partial charge on any atom is -0.353 e. The van der Waals surface area contributed by atoms with Crippen molar-refractivity contribution in [3.8, 4) is 0 Å². The molecular formula is C12H17N3O5S. The van der Waals surface area contributed by atoms with E-state index in [0.29, 0.717) is 5.56 Å². The molecular weight excluding hydrogens is 298 g/mol. The fraction of sp³-hybridized carbons (Fsp3) is 0.417. The van der Waals surface area contributed by atoms with Crippen molar-refractivity contribution < 1.29 is 18.1 Å². The molecule has 2 N–H and O–H groups in total. The normalized spacial score (nSPS) is 11.4. The molecule has 1 aromatic carbocycles. The Morgan fingerprint density at radius 2 is 2.00 bits per heavy atom. The van der Waals surface area contributed by atoms with Crippen molar-refractivity contribution in [1.29, 1.82) is 0 Å². The lowest BCUT2D eigenvalue weighted by atomic mass is 10.2. The van der Waals surface area contributed by atoms with Gasteiger partial charge >= 0.3 is 0 Å². The highest BCUT2D eigenvalue weighted by Crippen LogP contribution is 2.21. The molecule has 1 aromatic rings. The van der Waals surface area contributed by atoms with Gasteiger partial charge in [-0.05, 0) is 26.8 Å². The summed E-state index contributed by atoms with van der Waals surface area (Å²) in [6.45, 7) is 4.58. The predicted octanol–water partition coefficient (Wildman–Crippen LogP) is 0.706. The van der Waals surface area contributed by atoms with Crippen LogP contribution < -0.4 is 10.0 Å². The number of nitro benzene ring substituents is 1. The standard InChI is InChI=1S/C12H17N3O5S/c1-8(2)14-12(16)7-13-21(19,20)10-5-4-9(3)11(6-10)15(17)18/h4-6,8,13H,7H2,1-3H3,(H,14,16). The number of hydrogen-bond acceptors (Lipinski definition) is 5. The molecule has 0 aliphatic heterocycles. The first kappa shape index (κ1) is 17.1. The zero-order valence-corrected chi connectivity index (χ0v) is 12.7. The summed E-state index contributed by atoms with van der Waals surface area (Å²) in [6.07, 6.45) is 0. The highest BCUT2D eigenvalue weighted by Gasteiger charge is 2.20. The van der Waals surface area contributed by atoms with Crippen LogP contribution in [-0.4, -0.2) is 31.8 Å². The number of nitrogens with zero attached hydrogens (tertiary/aromatic N) is 1. The number of benzene rings is 1. The first-order valence-corrected chi connectivity index (χ1v) is 7.66. The Morgan fingerprint density at radius 3 is 2.52 bits per heavy atom. The number of aryl methyl sites for hydroxylation is 1. The Morgan fingerprint density at radius 1 is 1.38 bits per heavy atom. The first-order valence-electron chi connectivity index (χ1n) is 6.17. The van der Waals surface area contributed by atoms with Crippen molar-refractivity contribution in [2.24, 2.45) is 0 Å². The van der Waals surface area contributed by atoms with Crippen molar-refractivity contribution >= 4 is 21.6 Å². The van der Waals surface area contributed by atoms with Crippen LogP contribution in [-0.2, 0) is 14.8 Å². The molecule has 0 atom stereocenters. The summed E-state index contributed by atoms with van der Waals surface area (Å²) >= 11 is 0. The third-order valence-electron chi connectivity index (χ3n) is 2.56. The molecule has 1 amide bonds. The third kappa shape index (κ3) is 4.80.